The maximum absolute atomic E-state index is 2.49. The molecule has 278 valence electrons. The lowest BCUT2D eigenvalue weighted by Gasteiger charge is -2.31. The van der Waals surface area contributed by atoms with Gasteiger partial charge in [-0.1, -0.05) is 155 Å². The van der Waals surface area contributed by atoms with Gasteiger partial charge in [0, 0.05) is 39.4 Å². The van der Waals surface area contributed by atoms with Crippen molar-refractivity contribution >= 4 is 52.6 Å². The first-order valence-corrected chi connectivity index (χ1v) is 23.6. The zero-order valence-electron chi connectivity index (χ0n) is 33.3. The van der Waals surface area contributed by atoms with E-state index in [0.29, 0.717) is 5.92 Å². The highest BCUT2D eigenvalue weighted by Gasteiger charge is 2.39. The highest BCUT2D eigenvalue weighted by Crippen LogP contribution is 2.44. The van der Waals surface area contributed by atoms with Crippen LogP contribution in [0.1, 0.15) is 68.6 Å². The fourth-order valence-corrected chi connectivity index (χ4v) is 12.6. The average Bonchev–Trinajstić information content (AvgIpc) is 3.49. The number of fused-ring (bicyclic) bond motifs is 3. The van der Waals surface area contributed by atoms with Gasteiger partial charge in [-0.2, -0.15) is 0 Å². The lowest BCUT2D eigenvalue weighted by Crippen LogP contribution is -2.49. The van der Waals surface area contributed by atoms with Gasteiger partial charge in [0.1, 0.15) is 8.07 Å². The van der Waals surface area contributed by atoms with Gasteiger partial charge >= 0.3 is 0 Å². The number of benzene rings is 7. The van der Waals surface area contributed by atoms with Gasteiger partial charge in [0.2, 0.25) is 0 Å². The maximum Gasteiger partial charge on any atom is 0.113 e. The van der Waals surface area contributed by atoms with Crippen LogP contribution in [-0.4, -0.2) is 8.07 Å². The van der Waals surface area contributed by atoms with Crippen LogP contribution in [-0.2, 0) is 5.41 Å². The average molecular weight is 745 g/mol. The van der Waals surface area contributed by atoms with Crippen molar-refractivity contribution in [2.45, 2.75) is 70.4 Å². The van der Waals surface area contributed by atoms with Crippen molar-refractivity contribution in [2.75, 3.05) is 9.80 Å². The second-order valence-electron chi connectivity index (χ2n) is 16.9. The zero-order valence-corrected chi connectivity index (χ0v) is 34.3. The van der Waals surface area contributed by atoms with E-state index in [1.165, 1.54) is 98.7 Å². The molecule has 0 saturated heterocycles. The SMILES string of the molecule is CC(C)(c1ccc(N(c2ccccc2)c2ccc(C3CCCCC3)cc2)cc1)c1ccc(N(c2ccccc2)c2cccc3c2-c2ccccc2[Si]3(C)C)cc1. The van der Waals surface area contributed by atoms with Gasteiger partial charge in [-0.3, -0.25) is 0 Å². The van der Waals surface area contributed by atoms with E-state index < -0.39 is 8.07 Å². The molecule has 2 nitrogen and oxygen atoms in total. The van der Waals surface area contributed by atoms with E-state index in [1.54, 1.807) is 0 Å². The molecule has 1 fully saturated rings. The van der Waals surface area contributed by atoms with Crippen LogP contribution in [0.15, 0.2) is 176 Å². The van der Waals surface area contributed by atoms with Gasteiger partial charge in [-0.05, 0) is 118 Å². The Labute approximate surface area is 335 Å². The summed E-state index contributed by atoms with van der Waals surface area (Å²) in [7, 11) is -1.82. The normalized spacial score (nSPS) is 14.9. The molecule has 0 bridgehead atoms. The van der Waals surface area contributed by atoms with Gasteiger partial charge in [-0.25, -0.2) is 0 Å². The molecule has 0 aromatic heterocycles. The number of nitrogens with zero attached hydrogens (tertiary/aromatic N) is 2. The number of hydrogen-bond acceptors (Lipinski definition) is 2. The molecule has 7 aromatic rings. The van der Waals surface area contributed by atoms with E-state index >= 15 is 0 Å². The minimum absolute atomic E-state index is 0.198. The van der Waals surface area contributed by atoms with Crippen LogP contribution >= 0.6 is 0 Å². The molecule has 0 amide bonds. The molecule has 0 radical (unpaired) electrons. The van der Waals surface area contributed by atoms with Crippen LogP contribution in [0.3, 0.4) is 0 Å². The molecule has 1 heterocycles. The lowest BCUT2D eigenvalue weighted by atomic mass is 9.78. The minimum Gasteiger partial charge on any atom is -0.311 e. The largest absolute Gasteiger partial charge is 0.311 e. The Morgan fingerprint density at radius 2 is 0.911 bits per heavy atom. The predicted octanol–water partition coefficient (Wildman–Crippen LogP) is 13.8. The molecule has 1 saturated carbocycles. The van der Waals surface area contributed by atoms with Crippen LogP contribution in [0.25, 0.3) is 11.1 Å². The molecule has 56 heavy (non-hydrogen) atoms. The van der Waals surface area contributed by atoms with Crippen molar-refractivity contribution < 1.29 is 0 Å². The summed E-state index contributed by atoms with van der Waals surface area (Å²) in [6.07, 6.45) is 6.72. The zero-order chi connectivity index (χ0) is 38.3. The van der Waals surface area contributed by atoms with E-state index in [9.17, 15) is 0 Å². The minimum atomic E-state index is -1.82. The van der Waals surface area contributed by atoms with Crippen LogP contribution in [0.5, 0.6) is 0 Å². The van der Waals surface area contributed by atoms with E-state index in [0.717, 1.165) is 5.69 Å². The van der Waals surface area contributed by atoms with E-state index in [1.807, 2.05) is 0 Å². The molecule has 9 rings (SSSR count). The molecule has 0 atom stereocenters. The van der Waals surface area contributed by atoms with Crippen molar-refractivity contribution in [3.05, 3.63) is 193 Å². The van der Waals surface area contributed by atoms with E-state index in [4.69, 9.17) is 0 Å². The second kappa shape index (κ2) is 14.8. The highest BCUT2D eigenvalue weighted by molar-refractivity contribution is 7.04. The Bertz CT molecular complexity index is 2430. The van der Waals surface area contributed by atoms with Gasteiger partial charge in [-0.15, -0.1) is 0 Å². The number of para-hydroxylation sites is 2. The maximum atomic E-state index is 2.49. The topological polar surface area (TPSA) is 6.48 Å². The van der Waals surface area contributed by atoms with Crippen LogP contribution in [0, 0.1) is 0 Å². The molecule has 2 aliphatic rings. The standard InChI is InChI=1S/C53H52N2Si/c1-53(2,41-29-35-46(36-30-41)54(43-19-10-6-11-20-43)45-33-27-40(28-34-45)39-17-8-5-9-18-39)42-31-37-47(38-32-42)55(44-21-12-7-13-22-44)49-24-16-26-51-52(49)48-23-14-15-25-50(48)56(51,3)4/h6-7,10-16,19-39H,5,8-9,17-18H2,1-4H3. The Balaban J connectivity index is 1.03. The third kappa shape index (κ3) is 6.48. The van der Waals surface area contributed by atoms with Crippen LogP contribution in [0.4, 0.5) is 34.1 Å². The third-order valence-corrected chi connectivity index (χ3v) is 16.3. The second-order valence-corrected chi connectivity index (χ2v) is 21.2. The number of anilines is 6. The summed E-state index contributed by atoms with van der Waals surface area (Å²) in [5, 5.41) is 3.04. The summed E-state index contributed by atoms with van der Waals surface area (Å²) in [6.45, 7) is 9.68. The summed E-state index contributed by atoms with van der Waals surface area (Å²) in [5.41, 5.74) is 13.7. The third-order valence-electron chi connectivity index (χ3n) is 12.8. The fraction of sp³-hybridized carbons (Fsp3) is 0.208. The predicted molar refractivity (Wildman–Crippen MR) is 242 cm³/mol. The summed E-state index contributed by atoms with van der Waals surface area (Å²) in [6, 6.07) is 65.5. The molecule has 0 unspecified atom stereocenters. The van der Waals surface area contributed by atoms with Crippen molar-refractivity contribution in [1.82, 2.24) is 0 Å². The van der Waals surface area contributed by atoms with Gasteiger partial charge in [0.05, 0.1) is 5.69 Å². The molecule has 0 spiro atoms. The highest BCUT2D eigenvalue weighted by atomic mass is 28.3. The molecular weight excluding hydrogens is 693 g/mol. The Hall–Kier alpha value is -5.64. The van der Waals surface area contributed by atoms with E-state index in [2.05, 4.69) is 213 Å². The van der Waals surface area contributed by atoms with Gasteiger partial charge < -0.3 is 9.80 Å². The van der Waals surface area contributed by atoms with Crippen LogP contribution in [0.2, 0.25) is 13.1 Å². The van der Waals surface area contributed by atoms with Crippen molar-refractivity contribution in [1.29, 1.82) is 0 Å². The monoisotopic (exact) mass is 744 g/mol. The smallest absolute Gasteiger partial charge is 0.113 e. The first-order valence-electron chi connectivity index (χ1n) is 20.6. The Morgan fingerprint density at radius 3 is 1.50 bits per heavy atom. The Morgan fingerprint density at radius 1 is 0.446 bits per heavy atom. The fourth-order valence-electron chi connectivity index (χ4n) is 9.50. The van der Waals surface area contributed by atoms with Crippen molar-refractivity contribution in [2.24, 2.45) is 0 Å². The van der Waals surface area contributed by atoms with Crippen molar-refractivity contribution in [3.8, 4) is 11.1 Å². The van der Waals surface area contributed by atoms with Crippen molar-refractivity contribution in [3.63, 3.8) is 0 Å². The van der Waals surface area contributed by atoms with Crippen LogP contribution < -0.4 is 20.2 Å². The molecule has 1 aliphatic heterocycles. The number of rotatable bonds is 9. The summed E-state index contributed by atoms with van der Waals surface area (Å²) >= 11 is 0. The molecule has 3 heteroatoms. The lowest BCUT2D eigenvalue weighted by molar-refractivity contribution is 0.443. The first-order chi connectivity index (χ1) is 27.3. The molecular formula is C53H52N2Si. The first kappa shape index (κ1) is 36.0. The Kier molecular flexibility index (Phi) is 9.51. The molecule has 0 N–H and O–H groups in total. The summed E-state index contributed by atoms with van der Waals surface area (Å²) in [5.74, 6) is 0.699. The van der Waals surface area contributed by atoms with Gasteiger partial charge in [0.15, 0.2) is 0 Å². The molecule has 1 aliphatic carbocycles. The van der Waals surface area contributed by atoms with Gasteiger partial charge in [0.25, 0.3) is 0 Å². The number of hydrogen-bond donors (Lipinski definition) is 0. The summed E-state index contributed by atoms with van der Waals surface area (Å²) in [4.78, 5) is 4.84. The molecule has 7 aromatic carbocycles. The van der Waals surface area contributed by atoms with E-state index in [-0.39, 0.29) is 5.41 Å². The summed E-state index contributed by atoms with van der Waals surface area (Å²) < 4.78 is 0. The quantitative estimate of drug-likeness (QED) is 0.136.